The molecule has 0 bridgehead atoms. The Labute approximate surface area is 190 Å². The van der Waals surface area contributed by atoms with Crippen LogP contribution in [0.5, 0.6) is 5.75 Å². The van der Waals surface area contributed by atoms with E-state index in [9.17, 15) is 18.0 Å². The minimum absolute atomic E-state index is 0.0675. The minimum Gasteiger partial charge on any atom is -0.494 e. The quantitative estimate of drug-likeness (QED) is 0.249. The van der Waals surface area contributed by atoms with E-state index in [1.165, 1.54) is 18.3 Å². The monoisotopic (exact) mass is 470 g/mol. The zero-order valence-electron chi connectivity index (χ0n) is 17.6. The highest BCUT2D eigenvalue weighted by molar-refractivity contribution is 7.89. The van der Waals surface area contributed by atoms with Gasteiger partial charge in [-0.25, -0.2) is 18.6 Å². The molecule has 0 saturated heterocycles. The van der Waals surface area contributed by atoms with Gasteiger partial charge in [0.1, 0.15) is 17.3 Å². The maximum Gasteiger partial charge on any atom is 0.329 e. The third-order valence-electron chi connectivity index (χ3n) is 4.16. The van der Waals surface area contributed by atoms with Crippen molar-refractivity contribution in [2.45, 2.75) is 18.4 Å². The summed E-state index contributed by atoms with van der Waals surface area (Å²) < 4.78 is 37.6. The van der Waals surface area contributed by atoms with E-state index in [4.69, 9.17) is 9.15 Å². The van der Waals surface area contributed by atoms with Gasteiger partial charge in [0.15, 0.2) is 0 Å². The molecule has 10 nitrogen and oxygen atoms in total. The lowest BCUT2D eigenvalue weighted by Crippen LogP contribution is -2.32. The van der Waals surface area contributed by atoms with Crippen LogP contribution in [0.15, 0.2) is 81.1 Å². The molecule has 0 fully saturated rings. The van der Waals surface area contributed by atoms with Gasteiger partial charge in [-0.05, 0) is 55.5 Å². The highest BCUT2D eigenvalue weighted by Gasteiger charge is 2.15. The highest BCUT2D eigenvalue weighted by Crippen LogP contribution is 2.15. The molecule has 33 heavy (non-hydrogen) atoms. The Morgan fingerprint density at radius 1 is 1.00 bits per heavy atom. The lowest BCUT2D eigenvalue weighted by molar-refractivity contribution is -0.136. The largest absolute Gasteiger partial charge is 0.494 e. The van der Waals surface area contributed by atoms with Gasteiger partial charge in [-0.1, -0.05) is 18.2 Å². The number of anilines is 1. The second kappa shape index (κ2) is 11.1. The summed E-state index contributed by atoms with van der Waals surface area (Å²) in [6, 6.07) is 17.6. The number of sulfonamides is 1. The molecule has 1 aromatic heterocycles. The van der Waals surface area contributed by atoms with Crippen LogP contribution in [0.4, 0.5) is 5.69 Å². The van der Waals surface area contributed by atoms with Crippen LogP contribution in [0.25, 0.3) is 0 Å². The van der Waals surface area contributed by atoms with Crippen molar-refractivity contribution in [1.29, 1.82) is 0 Å². The molecule has 3 rings (SSSR count). The molecule has 0 spiro atoms. The third-order valence-corrected chi connectivity index (χ3v) is 5.58. The molecular weight excluding hydrogens is 448 g/mol. The zero-order chi connectivity index (χ0) is 23.7. The first kappa shape index (κ1) is 23.7. The van der Waals surface area contributed by atoms with Crippen LogP contribution in [0.1, 0.15) is 18.4 Å². The van der Waals surface area contributed by atoms with Crippen molar-refractivity contribution in [3.8, 4) is 5.75 Å². The van der Waals surface area contributed by atoms with Gasteiger partial charge in [0, 0.05) is 5.69 Å². The van der Waals surface area contributed by atoms with Gasteiger partial charge in [-0.2, -0.15) is 5.10 Å². The number of rotatable bonds is 9. The van der Waals surface area contributed by atoms with Gasteiger partial charge in [0.2, 0.25) is 10.0 Å². The molecule has 1 heterocycles. The Kier molecular flexibility index (Phi) is 7.95. The average Bonchev–Trinajstić information content (AvgIpc) is 3.27. The van der Waals surface area contributed by atoms with Crippen molar-refractivity contribution >= 4 is 33.7 Å². The van der Waals surface area contributed by atoms with Gasteiger partial charge in [-0.3, -0.25) is 9.59 Å². The second-order valence-corrected chi connectivity index (χ2v) is 8.32. The maximum absolute atomic E-state index is 12.2. The normalized spacial score (nSPS) is 11.3. The number of carbonyl (C=O) groups is 2. The standard InChI is InChI=1S/C22H22N4O6S/c1-2-31-17-10-8-16(9-11-17)25-21(27)22(28)26-23-14-18-12-13-19(32-18)15-24-33(29,30)20-6-4-3-5-7-20/h3-14,24H,2,15H2,1H3,(H,25,27)(H,26,28)/b23-14+. The van der Waals surface area contributed by atoms with Crippen molar-refractivity contribution in [3.63, 3.8) is 0 Å². The Balaban J connectivity index is 1.47. The van der Waals surface area contributed by atoms with Gasteiger partial charge < -0.3 is 14.5 Å². The van der Waals surface area contributed by atoms with E-state index in [0.29, 0.717) is 23.8 Å². The van der Waals surface area contributed by atoms with Crippen LogP contribution in [-0.2, 0) is 26.2 Å². The predicted molar refractivity (Wildman–Crippen MR) is 121 cm³/mol. The van der Waals surface area contributed by atoms with Crippen molar-refractivity contribution in [1.82, 2.24) is 10.1 Å². The molecule has 2 aromatic carbocycles. The third kappa shape index (κ3) is 7.02. The number of hydrazone groups is 1. The molecule has 0 aliphatic rings. The summed E-state index contributed by atoms with van der Waals surface area (Å²) in [7, 11) is -3.67. The van der Waals surface area contributed by atoms with E-state index in [1.807, 2.05) is 6.92 Å². The number of nitrogens with zero attached hydrogens (tertiary/aromatic N) is 1. The van der Waals surface area contributed by atoms with Crippen LogP contribution < -0.4 is 20.2 Å². The topological polar surface area (TPSA) is 139 Å². The van der Waals surface area contributed by atoms with Crippen molar-refractivity contribution in [2.24, 2.45) is 5.10 Å². The first-order valence-corrected chi connectivity index (χ1v) is 11.4. The lowest BCUT2D eigenvalue weighted by atomic mass is 10.3. The van der Waals surface area contributed by atoms with E-state index >= 15 is 0 Å². The number of furan rings is 1. The number of hydrogen-bond acceptors (Lipinski definition) is 7. The molecule has 2 amide bonds. The van der Waals surface area contributed by atoms with Crippen molar-refractivity contribution in [2.75, 3.05) is 11.9 Å². The summed E-state index contributed by atoms with van der Waals surface area (Å²) in [4.78, 5) is 24.0. The number of benzene rings is 2. The summed E-state index contributed by atoms with van der Waals surface area (Å²) in [5.74, 6) is -0.615. The average molecular weight is 471 g/mol. The fraction of sp³-hybridized carbons (Fsp3) is 0.136. The lowest BCUT2D eigenvalue weighted by Gasteiger charge is -2.06. The zero-order valence-corrected chi connectivity index (χ0v) is 18.5. The summed E-state index contributed by atoms with van der Waals surface area (Å²) in [6.45, 7) is 2.31. The second-order valence-electron chi connectivity index (χ2n) is 6.55. The molecule has 0 radical (unpaired) electrons. The summed E-state index contributed by atoms with van der Waals surface area (Å²) in [5.41, 5.74) is 2.52. The van der Waals surface area contributed by atoms with Gasteiger partial charge >= 0.3 is 11.8 Å². The van der Waals surface area contributed by atoms with Gasteiger partial charge in [-0.15, -0.1) is 0 Å². The maximum atomic E-state index is 12.2. The number of ether oxygens (including phenoxy) is 1. The van der Waals surface area contributed by atoms with E-state index < -0.39 is 21.8 Å². The Morgan fingerprint density at radius 2 is 1.73 bits per heavy atom. The fourth-order valence-electron chi connectivity index (χ4n) is 2.60. The summed E-state index contributed by atoms with van der Waals surface area (Å²) >= 11 is 0. The van der Waals surface area contributed by atoms with Crippen LogP contribution >= 0.6 is 0 Å². The molecule has 0 saturated carbocycles. The first-order valence-electron chi connectivity index (χ1n) is 9.88. The molecule has 0 aliphatic heterocycles. The van der Waals surface area contributed by atoms with E-state index in [-0.39, 0.29) is 17.2 Å². The molecule has 3 N–H and O–H groups in total. The van der Waals surface area contributed by atoms with Gasteiger partial charge in [0.25, 0.3) is 0 Å². The van der Waals surface area contributed by atoms with Crippen LogP contribution in [0, 0.1) is 0 Å². The Hall–Kier alpha value is -3.96. The fourth-order valence-corrected chi connectivity index (χ4v) is 3.62. The smallest absolute Gasteiger partial charge is 0.329 e. The highest BCUT2D eigenvalue weighted by atomic mass is 32.2. The first-order chi connectivity index (χ1) is 15.9. The summed E-state index contributed by atoms with van der Waals surface area (Å²) in [6.07, 6.45) is 1.19. The molecule has 0 aliphatic carbocycles. The van der Waals surface area contributed by atoms with Crippen molar-refractivity contribution in [3.05, 3.63) is 78.3 Å². The number of carbonyl (C=O) groups excluding carboxylic acids is 2. The molecule has 3 aromatic rings. The van der Waals surface area contributed by atoms with Crippen LogP contribution in [0.3, 0.4) is 0 Å². The molecule has 0 unspecified atom stereocenters. The number of nitrogens with one attached hydrogen (secondary N) is 3. The number of amides is 2. The number of hydrogen-bond donors (Lipinski definition) is 3. The minimum atomic E-state index is -3.67. The van der Waals surface area contributed by atoms with E-state index in [0.717, 1.165) is 0 Å². The SMILES string of the molecule is CCOc1ccc(NC(=O)C(=O)N/N=C/c2ccc(CNS(=O)(=O)c3ccccc3)o2)cc1. The Morgan fingerprint density at radius 3 is 2.42 bits per heavy atom. The molecule has 172 valence electrons. The molecular formula is C22H22N4O6S. The van der Waals surface area contributed by atoms with Crippen molar-refractivity contribution < 1.29 is 27.2 Å². The molecule has 11 heteroatoms. The van der Waals surface area contributed by atoms with Crippen LogP contribution in [-0.4, -0.2) is 33.1 Å². The summed E-state index contributed by atoms with van der Waals surface area (Å²) in [5, 5.41) is 6.11. The molecule has 0 atom stereocenters. The Bertz CT molecular complexity index is 1220. The predicted octanol–water partition coefficient (Wildman–Crippen LogP) is 2.25. The van der Waals surface area contributed by atoms with Gasteiger partial charge in [0.05, 0.1) is 24.3 Å². The van der Waals surface area contributed by atoms with Crippen LogP contribution in [0.2, 0.25) is 0 Å². The van der Waals surface area contributed by atoms with E-state index in [2.05, 4.69) is 20.6 Å². The van der Waals surface area contributed by atoms with E-state index in [1.54, 1.807) is 54.6 Å².